The van der Waals surface area contributed by atoms with E-state index in [0.29, 0.717) is 17.0 Å². The summed E-state index contributed by atoms with van der Waals surface area (Å²) in [7, 11) is 1.53. The highest BCUT2D eigenvalue weighted by Crippen LogP contribution is 2.66. The van der Waals surface area contributed by atoms with Crippen molar-refractivity contribution in [2.75, 3.05) is 18.6 Å². The van der Waals surface area contributed by atoms with Gasteiger partial charge >= 0.3 is 5.97 Å². The molecule has 8 heteroatoms. The number of ketones is 1. The fourth-order valence-corrected chi connectivity index (χ4v) is 7.96. The third-order valence-corrected chi connectivity index (χ3v) is 9.97. The molecule has 2 amide bonds. The molecule has 2 bridgehead atoms. The summed E-state index contributed by atoms with van der Waals surface area (Å²) in [5.74, 6) is -2.37. The van der Waals surface area contributed by atoms with E-state index in [9.17, 15) is 19.2 Å². The number of methoxy groups -OCH3 is 1. The van der Waals surface area contributed by atoms with E-state index < -0.39 is 28.7 Å². The third-order valence-electron chi connectivity index (χ3n) is 8.62. The number of nitrogens with zero attached hydrogens (tertiary/aromatic N) is 1. The number of carbonyl (C=O) groups is 4. The van der Waals surface area contributed by atoms with E-state index in [-0.39, 0.29) is 29.1 Å². The minimum Gasteiger partial charge on any atom is -0.497 e. The van der Waals surface area contributed by atoms with Crippen LogP contribution in [0.15, 0.2) is 97.1 Å². The smallest absolute Gasteiger partial charge is 0.338 e. The molecule has 0 spiro atoms. The molecule has 1 heterocycles. The molecule has 7 nitrogen and oxygen atoms in total. The third kappa shape index (κ3) is 3.71. The molecule has 0 radical (unpaired) electrons. The van der Waals surface area contributed by atoms with Gasteiger partial charge in [-0.3, -0.25) is 14.4 Å². The Morgan fingerprint density at radius 3 is 1.95 bits per heavy atom. The number of carbonyl (C=O) groups excluding carboxylic acids is 4. The lowest BCUT2D eigenvalue weighted by molar-refractivity contribution is -0.122. The highest BCUT2D eigenvalue weighted by molar-refractivity contribution is 9.09. The van der Waals surface area contributed by atoms with Crippen LogP contribution in [-0.4, -0.2) is 37.3 Å². The number of anilines is 1. The molecular formula is C34H24BrNO6. The maximum atomic E-state index is 14.1. The molecule has 208 valence electrons. The Bertz CT molecular complexity index is 1730. The maximum Gasteiger partial charge on any atom is 0.338 e. The van der Waals surface area contributed by atoms with Gasteiger partial charge in [-0.1, -0.05) is 64.5 Å². The second kappa shape index (κ2) is 9.77. The molecule has 3 aliphatic carbocycles. The van der Waals surface area contributed by atoms with Crippen molar-refractivity contribution in [3.63, 3.8) is 0 Å². The first kappa shape index (κ1) is 26.3. The molecule has 1 aliphatic heterocycles. The van der Waals surface area contributed by atoms with Gasteiger partial charge in [-0.05, 0) is 70.8 Å². The molecule has 8 rings (SSSR count). The van der Waals surface area contributed by atoms with Crippen molar-refractivity contribution < 1.29 is 28.7 Å². The van der Waals surface area contributed by atoms with Gasteiger partial charge in [-0.15, -0.1) is 0 Å². The number of halogens is 1. The number of hydrogen-bond acceptors (Lipinski definition) is 6. The van der Waals surface area contributed by atoms with Crippen molar-refractivity contribution in [1.82, 2.24) is 0 Å². The number of alkyl halides is 1. The number of rotatable bonds is 6. The summed E-state index contributed by atoms with van der Waals surface area (Å²) < 4.78 is 9.50. The SMILES string of the molecule is COc1ccc(C(=O)COC(=O)c2ccc(N3C(=O)[C@@H]4C5c6ccccc6C(Br)(c6ccccc65)[C@@H]4C3=O)cc2)cc1. The lowest BCUT2D eigenvalue weighted by Gasteiger charge is -2.51. The molecule has 4 aromatic rings. The van der Waals surface area contributed by atoms with E-state index in [1.54, 1.807) is 36.4 Å². The van der Waals surface area contributed by atoms with Gasteiger partial charge in [0.2, 0.25) is 11.8 Å². The Kier molecular flexibility index (Phi) is 6.13. The fourth-order valence-electron chi connectivity index (χ4n) is 6.75. The predicted octanol–water partition coefficient (Wildman–Crippen LogP) is 5.64. The monoisotopic (exact) mass is 621 g/mol. The topological polar surface area (TPSA) is 90.0 Å². The zero-order chi connectivity index (χ0) is 29.2. The maximum absolute atomic E-state index is 14.1. The van der Waals surface area contributed by atoms with Crippen LogP contribution in [0.1, 0.15) is 48.9 Å². The van der Waals surface area contributed by atoms with Crippen LogP contribution in [-0.2, 0) is 18.7 Å². The van der Waals surface area contributed by atoms with Gasteiger partial charge in [0, 0.05) is 11.5 Å². The minimum absolute atomic E-state index is 0.203. The molecule has 4 aliphatic rings. The van der Waals surface area contributed by atoms with Gasteiger partial charge in [-0.2, -0.15) is 0 Å². The standard InChI is InChI=1S/C34H24BrNO6/c1-41-22-16-12-19(13-17-22)27(37)18-42-33(40)20-10-14-21(15-11-20)36-31(38)29-28-23-6-2-4-8-25(23)34(35,30(29)32(36)39)26-9-5-3-7-24(26)28/h2-17,28-30H,18H2,1H3/t28?,29-,30+,34?/m1/s1. The second-order valence-corrected chi connectivity index (χ2v) is 11.9. The Morgan fingerprint density at radius 1 is 0.786 bits per heavy atom. The van der Waals surface area contributed by atoms with Gasteiger partial charge in [-0.25, -0.2) is 9.69 Å². The lowest BCUT2D eigenvalue weighted by atomic mass is 9.55. The average molecular weight is 622 g/mol. The van der Waals surface area contributed by atoms with Crippen molar-refractivity contribution >= 4 is 45.2 Å². The summed E-state index contributed by atoms with van der Waals surface area (Å²) in [5, 5.41) is 0. The van der Waals surface area contributed by atoms with Crippen LogP contribution in [0.3, 0.4) is 0 Å². The Labute approximate surface area is 250 Å². The highest BCUT2D eigenvalue weighted by atomic mass is 79.9. The molecular weight excluding hydrogens is 598 g/mol. The Balaban J connectivity index is 1.13. The molecule has 2 atom stereocenters. The van der Waals surface area contributed by atoms with Crippen molar-refractivity contribution in [3.8, 4) is 5.75 Å². The highest BCUT2D eigenvalue weighted by Gasteiger charge is 2.67. The number of Topliss-reactive ketones (excluding diaryl/α,β-unsaturated/α-hetero) is 1. The van der Waals surface area contributed by atoms with Crippen LogP contribution >= 0.6 is 15.9 Å². The number of hydrogen-bond donors (Lipinski definition) is 0. The average Bonchev–Trinajstić information content (AvgIpc) is 3.30. The van der Waals surface area contributed by atoms with Gasteiger partial charge < -0.3 is 9.47 Å². The normalized spacial score (nSPS) is 23.2. The molecule has 0 aromatic heterocycles. The largest absolute Gasteiger partial charge is 0.497 e. The molecule has 4 aromatic carbocycles. The van der Waals surface area contributed by atoms with Crippen LogP contribution in [0.2, 0.25) is 0 Å². The molecule has 42 heavy (non-hydrogen) atoms. The zero-order valence-corrected chi connectivity index (χ0v) is 24.0. The summed E-state index contributed by atoms with van der Waals surface area (Å²) in [6.45, 7) is -0.421. The molecule has 0 unspecified atom stereocenters. The summed E-state index contributed by atoms with van der Waals surface area (Å²) in [6, 6.07) is 28.7. The quantitative estimate of drug-likeness (QED) is 0.120. The van der Waals surface area contributed by atoms with Gasteiger partial charge in [0.1, 0.15) is 5.75 Å². The number of esters is 1. The van der Waals surface area contributed by atoms with Crippen LogP contribution in [0, 0.1) is 11.8 Å². The summed E-state index contributed by atoms with van der Waals surface area (Å²) in [5.41, 5.74) is 5.12. The number of benzene rings is 4. The second-order valence-electron chi connectivity index (χ2n) is 10.7. The number of imide groups is 1. The van der Waals surface area contributed by atoms with E-state index in [1.807, 2.05) is 48.5 Å². The van der Waals surface area contributed by atoms with Gasteiger partial charge in [0.05, 0.1) is 34.5 Å². The van der Waals surface area contributed by atoms with Crippen molar-refractivity contribution in [1.29, 1.82) is 0 Å². The zero-order valence-electron chi connectivity index (χ0n) is 22.5. The molecule has 1 saturated heterocycles. The Hall–Kier alpha value is -4.56. The van der Waals surface area contributed by atoms with Gasteiger partial charge in [0.15, 0.2) is 12.4 Å². The van der Waals surface area contributed by atoms with E-state index in [4.69, 9.17) is 9.47 Å². The van der Waals surface area contributed by atoms with E-state index in [2.05, 4.69) is 15.9 Å². The van der Waals surface area contributed by atoms with Crippen molar-refractivity contribution in [2.24, 2.45) is 11.8 Å². The molecule has 0 saturated carbocycles. The van der Waals surface area contributed by atoms with Crippen LogP contribution < -0.4 is 9.64 Å². The predicted molar refractivity (Wildman–Crippen MR) is 158 cm³/mol. The van der Waals surface area contributed by atoms with Crippen LogP contribution in [0.25, 0.3) is 0 Å². The molecule has 1 fully saturated rings. The number of amides is 2. The first-order valence-electron chi connectivity index (χ1n) is 13.5. The summed E-state index contributed by atoms with van der Waals surface area (Å²) in [4.78, 5) is 54.5. The number of ether oxygens (including phenoxy) is 2. The summed E-state index contributed by atoms with van der Waals surface area (Å²) >= 11 is 3.99. The molecule has 0 N–H and O–H groups in total. The van der Waals surface area contributed by atoms with Crippen LogP contribution in [0.4, 0.5) is 5.69 Å². The van der Waals surface area contributed by atoms with Gasteiger partial charge in [0.25, 0.3) is 0 Å². The minimum atomic E-state index is -0.832. The first-order valence-corrected chi connectivity index (χ1v) is 14.3. The fraction of sp³-hybridized carbons (Fsp3) is 0.176. The van der Waals surface area contributed by atoms with E-state index in [1.165, 1.54) is 24.1 Å². The summed E-state index contributed by atoms with van der Waals surface area (Å²) in [6.07, 6.45) is 0. The van der Waals surface area contributed by atoms with Crippen molar-refractivity contribution in [2.45, 2.75) is 10.2 Å². The van der Waals surface area contributed by atoms with Crippen molar-refractivity contribution in [3.05, 3.63) is 130 Å². The first-order chi connectivity index (χ1) is 20.3. The van der Waals surface area contributed by atoms with E-state index in [0.717, 1.165) is 22.3 Å². The van der Waals surface area contributed by atoms with Crippen LogP contribution in [0.5, 0.6) is 5.75 Å². The Morgan fingerprint density at radius 2 is 1.36 bits per heavy atom. The van der Waals surface area contributed by atoms with E-state index >= 15 is 0 Å². The lowest BCUT2D eigenvalue weighted by Crippen LogP contribution is -2.50.